The van der Waals surface area contributed by atoms with Crippen molar-refractivity contribution in [1.82, 2.24) is 9.80 Å². The number of nitrogens with zero attached hydrogens (tertiary/aromatic N) is 2. The van der Waals surface area contributed by atoms with E-state index < -0.39 is 0 Å². The molecule has 1 aromatic carbocycles. The van der Waals surface area contributed by atoms with E-state index in [0.717, 1.165) is 37.7 Å². The van der Waals surface area contributed by atoms with E-state index in [4.69, 9.17) is 0 Å². The maximum absolute atomic E-state index is 12.1. The van der Waals surface area contributed by atoms with Gasteiger partial charge in [-0.15, -0.1) is 0 Å². The van der Waals surface area contributed by atoms with E-state index in [0.29, 0.717) is 18.7 Å². The van der Waals surface area contributed by atoms with Crippen molar-refractivity contribution in [1.29, 1.82) is 0 Å². The molecule has 1 aliphatic heterocycles. The summed E-state index contributed by atoms with van der Waals surface area (Å²) in [6, 6.07) is 10.0. The van der Waals surface area contributed by atoms with Gasteiger partial charge < -0.3 is 4.90 Å². The van der Waals surface area contributed by atoms with E-state index in [-0.39, 0.29) is 0 Å². The third-order valence-electron chi connectivity index (χ3n) is 3.73. The summed E-state index contributed by atoms with van der Waals surface area (Å²) in [4.78, 5) is 16.9. The summed E-state index contributed by atoms with van der Waals surface area (Å²) in [5, 5.41) is 0. The van der Waals surface area contributed by atoms with Crippen LogP contribution in [0.2, 0.25) is 0 Å². The molecule has 1 fully saturated rings. The predicted octanol–water partition coefficient (Wildman–Crippen LogP) is 2.07. The molecule has 0 atom stereocenters. The monoisotopic (exact) mass is 274 g/mol. The molecule has 0 radical (unpaired) electrons. The van der Waals surface area contributed by atoms with Gasteiger partial charge in [0.25, 0.3) is 0 Å². The minimum atomic E-state index is 0.327. The number of Topliss-reactive ketones (excluding diaryl/α,β-unsaturated/α-hetero) is 1. The first-order valence-corrected chi connectivity index (χ1v) is 7.64. The van der Waals surface area contributed by atoms with Crippen LogP contribution in [0.1, 0.15) is 19.4 Å². The number of hydrogen-bond donors (Lipinski definition) is 0. The van der Waals surface area contributed by atoms with Crippen molar-refractivity contribution < 1.29 is 4.79 Å². The normalized spacial score (nSPS) is 17.6. The van der Waals surface area contributed by atoms with Gasteiger partial charge in [0.2, 0.25) is 0 Å². The Morgan fingerprint density at radius 3 is 2.25 bits per heavy atom. The van der Waals surface area contributed by atoms with Crippen LogP contribution in [0, 0.1) is 5.92 Å². The Labute approximate surface area is 122 Å². The summed E-state index contributed by atoms with van der Waals surface area (Å²) < 4.78 is 0. The smallest absolute Gasteiger partial charge is 0.151 e. The number of benzene rings is 1. The van der Waals surface area contributed by atoms with Crippen molar-refractivity contribution in [3.05, 3.63) is 35.9 Å². The average molecular weight is 274 g/mol. The van der Waals surface area contributed by atoms with Crippen LogP contribution in [0.25, 0.3) is 0 Å². The van der Waals surface area contributed by atoms with E-state index in [1.807, 2.05) is 30.3 Å². The van der Waals surface area contributed by atoms with Crippen LogP contribution in [0.5, 0.6) is 0 Å². The fourth-order valence-electron chi connectivity index (χ4n) is 2.78. The molecule has 110 valence electrons. The van der Waals surface area contributed by atoms with Gasteiger partial charge in [-0.1, -0.05) is 44.2 Å². The molecule has 3 heteroatoms. The van der Waals surface area contributed by atoms with Crippen molar-refractivity contribution in [3.8, 4) is 0 Å². The zero-order chi connectivity index (χ0) is 14.4. The zero-order valence-corrected chi connectivity index (χ0v) is 12.7. The molecule has 2 rings (SSSR count). The maximum Gasteiger partial charge on any atom is 0.151 e. The SMILES string of the molecule is CC(C)CN1CCN(CC(=O)Cc2ccccc2)CC1. The Bertz CT molecular complexity index is 408. The van der Waals surface area contributed by atoms with Gasteiger partial charge in [-0.3, -0.25) is 9.69 Å². The van der Waals surface area contributed by atoms with E-state index in [1.165, 1.54) is 6.54 Å². The van der Waals surface area contributed by atoms with Gasteiger partial charge in [-0.25, -0.2) is 0 Å². The van der Waals surface area contributed by atoms with Crippen LogP contribution in [0.15, 0.2) is 30.3 Å². The zero-order valence-electron chi connectivity index (χ0n) is 12.7. The van der Waals surface area contributed by atoms with Gasteiger partial charge in [-0.2, -0.15) is 0 Å². The Kier molecular flexibility index (Phi) is 5.74. The minimum Gasteiger partial charge on any atom is -0.301 e. The van der Waals surface area contributed by atoms with Gasteiger partial charge in [0.05, 0.1) is 6.54 Å². The lowest BCUT2D eigenvalue weighted by atomic mass is 10.1. The van der Waals surface area contributed by atoms with Gasteiger partial charge in [0, 0.05) is 39.1 Å². The van der Waals surface area contributed by atoms with E-state index >= 15 is 0 Å². The number of carbonyl (C=O) groups is 1. The molecular formula is C17H26N2O. The maximum atomic E-state index is 12.1. The number of carbonyl (C=O) groups excluding carboxylic acids is 1. The molecule has 1 aromatic rings. The van der Waals surface area contributed by atoms with Crippen LogP contribution in [-0.4, -0.2) is 54.9 Å². The van der Waals surface area contributed by atoms with Gasteiger partial charge in [0.15, 0.2) is 5.78 Å². The lowest BCUT2D eigenvalue weighted by molar-refractivity contribution is -0.120. The Morgan fingerprint density at radius 2 is 1.65 bits per heavy atom. The first-order chi connectivity index (χ1) is 9.63. The molecule has 0 saturated carbocycles. The summed E-state index contributed by atoms with van der Waals surface area (Å²) >= 11 is 0. The van der Waals surface area contributed by atoms with Crippen LogP contribution >= 0.6 is 0 Å². The van der Waals surface area contributed by atoms with Crippen LogP contribution in [-0.2, 0) is 11.2 Å². The number of piperazine rings is 1. The fraction of sp³-hybridized carbons (Fsp3) is 0.588. The molecule has 3 nitrogen and oxygen atoms in total. The number of hydrogen-bond acceptors (Lipinski definition) is 3. The third-order valence-corrected chi connectivity index (χ3v) is 3.73. The largest absolute Gasteiger partial charge is 0.301 e. The Balaban J connectivity index is 1.71. The quantitative estimate of drug-likeness (QED) is 0.793. The summed E-state index contributed by atoms with van der Waals surface area (Å²) in [5.74, 6) is 1.05. The molecule has 1 heterocycles. The van der Waals surface area contributed by atoms with Crippen molar-refractivity contribution in [2.75, 3.05) is 39.3 Å². The molecule has 1 saturated heterocycles. The highest BCUT2D eigenvalue weighted by Crippen LogP contribution is 2.06. The first-order valence-electron chi connectivity index (χ1n) is 7.64. The second kappa shape index (κ2) is 7.55. The molecule has 0 N–H and O–H groups in total. The molecule has 0 spiro atoms. The number of rotatable bonds is 6. The van der Waals surface area contributed by atoms with Gasteiger partial charge >= 0.3 is 0 Å². The minimum absolute atomic E-state index is 0.327. The van der Waals surface area contributed by atoms with E-state index in [2.05, 4.69) is 23.6 Å². The molecule has 1 aliphatic rings. The Morgan fingerprint density at radius 1 is 1.05 bits per heavy atom. The lowest BCUT2D eigenvalue weighted by Crippen LogP contribution is -2.48. The van der Waals surface area contributed by atoms with Crippen LogP contribution < -0.4 is 0 Å². The van der Waals surface area contributed by atoms with E-state index in [9.17, 15) is 4.79 Å². The molecule has 0 bridgehead atoms. The number of ketones is 1. The van der Waals surface area contributed by atoms with Crippen molar-refractivity contribution in [3.63, 3.8) is 0 Å². The first kappa shape index (κ1) is 15.2. The molecule has 0 aliphatic carbocycles. The average Bonchev–Trinajstić information content (AvgIpc) is 2.41. The third kappa shape index (κ3) is 5.06. The highest BCUT2D eigenvalue weighted by molar-refractivity contribution is 5.82. The lowest BCUT2D eigenvalue weighted by Gasteiger charge is -2.35. The standard InChI is InChI=1S/C17H26N2O/c1-15(2)13-18-8-10-19(11-9-18)14-17(20)12-16-6-4-3-5-7-16/h3-7,15H,8-14H2,1-2H3. The highest BCUT2D eigenvalue weighted by Gasteiger charge is 2.19. The second-order valence-corrected chi connectivity index (χ2v) is 6.17. The van der Waals surface area contributed by atoms with Crippen LogP contribution in [0.3, 0.4) is 0 Å². The summed E-state index contributed by atoms with van der Waals surface area (Å²) in [5.41, 5.74) is 1.12. The second-order valence-electron chi connectivity index (χ2n) is 6.17. The highest BCUT2D eigenvalue weighted by atomic mass is 16.1. The van der Waals surface area contributed by atoms with Gasteiger partial charge in [0.1, 0.15) is 0 Å². The predicted molar refractivity (Wildman–Crippen MR) is 82.9 cm³/mol. The van der Waals surface area contributed by atoms with Gasteiger partial charge in [-0.05, 0) is 11.5 Å². The summed E-state index contributed by atoms with van der Waals surface area (Å²) in [7, 11) is 0. The fourth-order valence-corrected chi connectivity index (χ4v) is 2.78. The Hall–Kier alpha value is -1.19. The molecular weight excluding hydrogens is 248 g/mol. The summed E-state index contributed by atoms with van der Waals surface area (Å²) in [6.45, 7) is 10.5. The molecule has 0 unspecified atom stereocenters. The molecule has 0 aromatic heterocycles. The van der Waals surface area contributed by atoms with Crippen molar-refractivity contribution >= 4 is 5.78 Å². The van der Waals surface area contributed by atoms with Crippen molar-refractivity contribution in [2.45, 2.75) is 20.3 Å². The summed E-state index contributed by atoms with van der Waals surface area (Å²) in [6.07, 6.45) is 0.563. The van der Waals surface area contributed by atoms with E-state index in [1.54, 1.807) is 0 Å². The molecule has 0 amide bonds. The topological polar surface area (TPSA) is 23.6 Å². The molecule has 20 heavy (non-hydrogen) atoms. The van der Waals surface area contributed by atoms with Crippen molar-refractivity contribution in [2.24, 2.45) is 5.92 Å². The van der Waals surface area contributed by atoms with Crippen LogP contribution in [0.4, 0.5) is 0 Å².